The van der Waals surface area contributed by atoms with Crippen molar-refractivity contribution in [1.29, 1.82) is 0 Å². The molecule has 0 spiro atoms. The fraction of sp³-hybridized carbons (Fsp3) is 0.333. The monoisotopic (exact) mass is 312 g/mol. The Bertz CT molecular complexity index is 757. The Kier molecular flexibility index (Phi) is 3.72. The minimum absolute atomic E-state index is 0.0254. The molecular formula is C18H20N2O3. The molecule has 0 saturated heterocycles. The van der Waals surface area contributed by atoms with Gasteiger partial charge in [0.1, 0.15) is 5.75 Å². The standard InChI is InChI=1S/C18H20N2O3/c1-18(2)8-14-16(15(21)9-18)13(10-19-14)17(22)20-11-4-6-12(23-3)7-5-11/h4-7,10,19H,8-9H2,1-3H3,(H,20,22). The van der Waals surface area contributed by atoms with Gasteiger partial charge in [-0.15, -0.1) is 0 Å². The van der Waals surface area contributed by atoms with E-state index in [-0.39, 0.29) is 17.1 Å². The number of rotatable bonds is 3. The molecule has 2 aromatic rings. The van der Waals surface area contributed by atoms with Gasteiger partial charge in [-0.05, 0) is 36.1 Å². The molecule has 1 aliphatic rings. The zero-order valence-corrected chi connectivity index (χ0v) is 13.5. The lowest BCUT2D eigenvalue weighted by Gasteiger charge is -2.28. The second-order valence-corrected chi connectivity index (χ2v) is 6.68. The number of carbonyl (C=O) groups excluding carboxylic acids is 2. The first-order valence-electron chi connectivity index (χ1n) is 7.58. The highest BCUT2D eigenvalue weighted by Gasteiger charge is 2.35. The molecule has 0 unspecified atom stereocenters. The fourth-order valence-electron chi connectivity index (χ4n) is 3.04. The zero-order chi connectivity index (χ0) is 16.6. The van der Waals surface area contributed by atoms with Crippen molar-refractivity contribution in [2.75, 3.05) is 12.4 Å². The molecule has 1 amide bonds. The Morgan fingerprint density at radius 2 is 1.91 bits per heavy atom. The van der Waals surface area contributed by atoms with Crippen LogP contribution in [0, 0.1) is 5.41 Å². The SMILES string of the molecule is COc1ccc(NC(=O)c2c[nH]c3c2C(=O)CC(C)(C)C3)cc1. The number of aromatic nitrogens is 1. The number of amides is 1. The van der Waals surface area contributed by atoms with Gasteiger partial charge in [-0.2, -0.15) is 0 Å². The number of H-pyrrole nitrogens is 1. The minimum atomic E-state index is -0.277. The molecule has 5 nitrogen and oxygen atoms in total. The number of anilines is 1. The van der Waals surface area contributed by atoms with Gasteiger partial charge in [0.15, 0.2) is 5.78 Å². The molecule has 0 aliphatic heterocycles. The summed E-state index contributed by atoms with van der Waals surface area (Å²) < 4.78 is 5.09. The lowest BCUT2D eigenvalue weighted by Crippen LogP contribution is -2.28. The first kappa shape index (κ1) is 15.3. The van der Waals surface area contributed by atoms with Crippen LogP contribution in [0.2, 0.25) is 0 Å². The van der Waals surface area contributed by atoms with Crippen LogP contribution in [-0.2, 0) is 6.42 Å². The van der Waals surface area contributed by atoms with E-state index in [1.165, 1.54) is 0 Å². The van der Waals surface area contributed by atoms with E-state index in [1.54, 1.807) is 37.6 Å². The van der Waals surface area contributed by atoms with E-state index < -0.39 is 0 Å². The van der Waals surface area contributed by atoms with Crippen molar-refractivity contribution in [2.45, 2.75) is 26.7 Å². The van der Waals surface area contributed by atoms with Crippen molar-refractivity contribution in [1.82, 2.24) is 4.98 Å². The van der Waals surface area contributed by atoms with E-state index in [2.05, 4.69) is 24.1 Å². The van der Waals surface area contributed by atoms with E-state index in [0.717, 1.165) is 17.9 Å². The van der Waals surface area contributed by atoms with E-state index in [1.807, 2.05) is 0 Å². The number of hydrogen-bond donors (Lipinski definition) is 2. The van der Waals surface area contributed by atoms with Crippen LogP contribution in [0.3, 0.4) is 0 Å². The maximum atomic E-state index is 12.5. The molecule has 0 fully saturated rings. The quantitative estimate of drug-likeness (QED) is 0.912. The van der Waals surface area contributed by atoms with Crippen LogP contribution in [0.5, 0.6) is 5.75 Å². The molecule has 0 radical (unpaired) electrons. The highest BCUT2D eigenvalue weighted by Crippen LogP contribution is 2.35. The lowest BCUT2D eigenvalue weighted by molar-refractivity contribution is 0.0902. The van der Waals surface area contributed by atoms with E-state index in [4.69, 9.17) is 4.74 Å². The predicted molar refractivity (Wildman–Crippen MR) is 88.2 cm³/mol. The van der Waals surface area contributed by atoms with Gasteiger partial charge < -0.3 is 15.0 Å². The molecule has 1 aromatic carbocycles. The van der Waals surface area contributed by atoms with Crippen molar-refractivity contribution in [3.8, 4) is 5.75 Å². The van der Waals surface area contributed by atoms with Gasteiger partial charge in [0.2, 0.25) is 0 Å². The number of ether oxygens (including phenoxy) is 1. The van der Waals surface area contributed by atoms with Gasteiger partial charge >= 0.3 is 0 Å². The van der Waals surface area contributed by atoms with Gasteiger partial charge in [-0.1, -0.05) is 13.8 Å². The third-order valence-corrected chi connectivity index (χ3v) is 4.13. The number of hydrogen-bond acceptors (Lipinski definition) is 3. The second kappa shape index (κ2) is 5.57. The van der Waals surface area contributed by atoms with Crippen molar-refractivity contribution in [3.05, 3.63) is 47.3 Å². The average Bonchev–Trinajstić information content (AvgIpc) is 2.90. The molecule has 3 rings (SSSR count). The predicted octanol–water partition coefficient (Wildman–Crippen LogP) is 3.43. The summed E-state index contributed by atoms with van der Waals surface area (Å²) in [5, 5.41) is 2.82. The third kappa shape index (κ3) is 2.99. The molecule has 0 saturated carbocycles. The van der Waals surface area contributed by atoms with Crippen LogP contribution in [0.25, 0.3) is 0 Å². The van der Waals surface area contributed by atoms with Gasteiger partial charge in [0, 0.05) is 24.0 Å². The number of carbonyl (C=O) groups is 2. The molecule has 0 bridgehead atoms. The molecule has 1 aliphatic carbocycles. The number of ketones is 1. The third-order valence-electron chi connectivity index (χ3n) is 4.13. The normalized spacial score (nSPS) is 15.9. The number of benzene rings is 1. The molecule has 1 heterocycles. The van der Waals surface area contributed by atoms with Gasteiger partial charge in [-0.25, -0.2) is 0 Å². The smallest absolute Gasteiger partial charge is 0.257 e. The summed E-state index contributed by atoms with van der Waals surface area (Å²) in [5.74, 6) is 0.470. The van der Waals surface area contributed by atoms with Gasteiger partial charge in [0.25, 0.3) is 5.91 Å². The second-order valence-electron chi connectivity index (χ2n) is 6.68. The maximum absolute atomic E-state index is 12.5. The van der Waals surface area contributed by atoms with E-state index in [9.17, 15) is 9.59 Å². The maximum Gasteiger partial charge on any atom is 0.257 e. The summed E-state index contributed by atoms with van der Waals surface area (Å²) in [6, 6.07) is 7.08. The highest BCUT2D eigenvalue weighted by atomic mass is 16.5. The Morgan fingerprint density at radius 1 is 1.22 bits per heavy atom. The van der Waals surface area contributed by atoms with Gasteiger partial charge in [-0.3, -0.25) is 9.59 Å². The molecule has 2 N–H and O–H groups in total. The number of Topliss-reactive ketones (excluding diaryl/α,β-unsaturated/α-hetero) is 1. The first-order chi connectivity index (χ1) is 10.9. The van der Waals surface area contributed by atoms with Crippen LogP contribution in [0.1, 0.15) is 46.7 Å². The Balaban J connectivity index is 1.84. The first-order valence-corrected chi connectivity index (χ1v) is 7.58. The summed E-state index contributed by atoms with van der Waals surface area (Å²) in [5.41, 5.74) is 2.39. The largest absolute Gasteiger partial charge is 0.497 e. The Labute approximate surface area is 135 Å². The topological polar surface area (TPSA) is 71.2 Å². The average molecular weight is 312 g/mol. The van der Waals surface area contributed by atoms with Crippen LogP contribution in [0.15, 0.2) is 30.5 Å². The Hall–Kier alpha value is -2.56. The summed E-state index contributed by atoms with van der Waals surface area (Å²) in [6.45, 7) is 4.12. The Morgan fingerprint density at radius 3 is 2.57 bits per heavy atom. The van der Waals surface area contributed by atoms with Crippen LogP contribution < -0.4 is 10.1 Å². The number of nitrogens with one attached hydrogen (secondary N) is 2. The summed E-state index contributed by atoms with van der Waals surface area (Å²) in [6.07, 6.45) is 2.85. The molecule has 1 aromatic heterocycles. The van der Waals surface area contributed by atoms with E-state index >= 15 is 0 Å². The van der Waals surface area contributed by atoms with Crippen molar-refractivity contribution >= 4 is 17.4 Å². The van der Waals surface area contributed by atoms with Crippen LogP contribution in [-0.4, -0.2) is 23.8 Å². The number of fused-ring (bicyclic) bond motifs is 1. The van der Waals surface area contributed by atoms with E-state index in [0.29, 0.717) is 23.2 Å². The number of aromatic amines is 1. The molecule has 0 atom stereocenters. The minimum Gasteiger partial charge on any atom is -0.497 e. The van der Waals surface area contributed by atoms with Crippen molar-refractivity contribution < 1.29 is 14.3 Å². The molecule has 120 valence electrons. The fourth-order valence-corrected chi connectivity index (χ4v) is 3.04. The van der Waals surface area contributed by atoms with Crippen LogP contribution >= 0.6 is 0 Å². The molecule has 5 heteroatoms. The summed E-state index contributed by atoms with van der Waals surface area (Å²) in [7, 11) is 1.59. The summed E-state index contributed by atoms with van der Waals surface area (Å²) >= 11 is 0. The lowest BCUT2D eigenvalue weighted by atomic mass is 9.75. The highest BCUT2D eigenvalue weighted by molar-refractivity contribution is 6.13. The van der Waals surface area contributed by atoms with Crippen molar-refractivity contribution in [3.63, 3.8) is 0 Å². The van der Waals surface area contributed by atoms with Crippen molar-refractivity contribution in [2.24, 2.45) is 5.41 Å². The zero-order valence-electron chi connectivity index (χ0n) is 13.5. The van der Waals surface area contributed by atoms with Gasteiger partial charge in [0.05, 0.1) is 18.2 Å². The molecule has 23 heavy (non-hydrogen) atoms. The molecular weight excluding hydrogens is 292 g/mol. The van der Waals surface area contributed by atoms with Crippen LogP contribution in [0.4, 0.5) is 5.69 Å². The summed E-state index contributed by atoms with van der Waals surface area (Å²) in [4.78, 5) is 28.0. The number of methoxy groups -OCH3 is 1.